The standard InChI is InChI=1S/C34H29BrN4O6S2/c1-5-43-31(42)27-28(20-9-7-6-8-10-20)38-34-39(29(27)21-11-13-22(14-12-21)44-18(2)3)30(41)25(46-34)17-23-16-24(35)32(45-23)47-33-36-19(4)15-26(40)37-33/h6-18,29H,5H2,1-4H3,(H,36,37,40)/b25-17-/t29-/m0/s1. The van der Waals surface area contributed by atoms with Crippen molar-refractivity contribution in [3.05, 3.63) is 129 Å². The maximum atomic E-state index is 14.2. The molecule has 13 heteroatoms. The molecule has 0 unspecified atom stereocenters. The number of carbonyl (C=O) groups is 1. The summed E-state index contributed by atoms with van der Waals surface area (Å²) < 4.78 is 20.0. The number of rotatable bonds is 9. The SMILES string of the molecule is CCOC(=O)C1=C(c2ccccc2)N=c2s/c(=C\c3cc(Br)c(Sc4nc(C)cc(=O)[nH]4)o3)c(=O)n2[C@H]1c1ccc(OC(C)C)cc1. The summed E-state index contributed by atoms with van der Waals surface area (Å²) >= 11 is 5.85. The molecule has 5 aromatic rings. The molecule has 10 nitrogen and oxygen atoms in total. The van der Waals surface area contributed by atoms with Gasteiger partial charge < -0.3 is 18.9 Å². The first kappa shape index (κ1) is 32.5. The number of hydrogen-bond acceptors (Lipinski definition) is 10. The van der Waals surface area contributed by atoms with Crippen molar-refractivity contribution in [2.75, 3.05) is 6.61 Å². The van der Waals surface area contributed by atoms with E-state index in [-0.39, 0.29) is 29.4 Å². The molecule has 1 N–H and O–H groups in total. The molecular formula is C34H29BrN4O6S2. The zero-order valence-electron chi connectivity index (χ0n) is 25.8. The van der Waals surface area contributed by atoms with Gasteiger partial charge in [0.05, 0.1) is 39.0 Å². The lowest BCUT2D eigenvalue weighted by atomic mass is 9.93. The van der Waals surface area contributed by atoms with Crippen LogP contribution in [0.5, 0.6) is 5.75 Å². The molecule has 0 saturated carbocycles. The summed E-state index contributed by atoms with van der Waals surface area (Å²) in [6.07, 6.45) is 1.62. The molecule has 0 amide bonds. The average Bonchev–Trinajstić information content (AvgIpc) is 3.53. The highest BCUT2D eigenvalue weighted by Gasteiger charge is 2.35. The number of nitrogens with zero attached hydrogens (tertiary/aromatic N) is 3. The van der Waals surface area contributed by atoms with Gasteiger partial charge in [-0.1, -0.05) is 53.8 Å². The lowest BCUT2D eigenvalue weighted by Crippen LogP contribution is -2.40. The fraction of sp³-hybridized carbons (Fsp3) is 0.206. The van der Waals surface area contributed by atoms with Gasteiger partial charge in [0.25, 0.3) is 11.1 Å². The Balaban J connectivity index is 1.51. The molecule has 240 valence electrons. The van der Waals surface area contributed by atoms with E-state index < -0.39 is 12.0 Å². The maximum Gasteiger partial charge on any atom is 0.338 e. The van der Waals surface area contributed by atoms with Crippen LogP contribution in [0.15, 0.2) is 106 Å². The van der Waals surface area contributed by atoms with E-state index in [2.05, 4.69) is 25.9 Å². The molecule has 0 spiro atoms. The Morgan fingerprint density at radius 3 is 2.57 bits per heavy atom. The van der Waals surface area contributed by atoms with Gasteiger partial charge in [-0.05, 0) is 79.1 Å². The van der Waals surface area contributed by atoms with Crippen molar-refractivity contribution in [1.82, 2.24) is 14.5 Å². The fourth-order valence-electron chi connectivity index (χ4n) is 5.08. The number of H-pyrrole nitrogens is 1. The summed E-state index contributed by atoms with van der Waals surface area (Å²) in [7, 11) is 0. The van der Waals surface area contributed by atoms with Crippen LogP contribution in [0.1, 0.15) is 49.4 Å². The quantitative estimate of drug-likeness (QED) is 0.153. The third kappa shape index (κ3) is 6.97. The fourth-order valence-corrected chi connectivity index (χ4v) is 7.42. The second-order valence-corrected chi connectivity index (χ2v) is 13.6. The molecule has 3 aromatic heterocycles. The summed E-state index contributed by atoms with van der Waals surface area (Å²) in [6, 6.07) is 19.0. The monoisotopic (exact) mass is 732 g/mol. The Morgan fingerprint density at radius 2 is 1.89 bits per heavy atom. The summed E-state index contributed by atoms with van der Waals surface area (Å²) in [5.74, 6) is 0.513. The minimum Gasteiger partial charge on any atom is -0.491 e. The molecule has 0 radical (unpaired) electrons. The molecule has 2 aromatic carbocycles. The highest BCUT2D eigenvalue weighted by Crippen LogP contribution is 2.36. The number of nitrogens with one attached hydrogen (secondary N) is 1. The van der Waals surface area contributed by atoms with Gasteiger partial charge >= 0.3 is 5.97 Å². The van der Waals surface area contributed by atoms with Crippen molar-refractivity contribution in [3.8, 4) is 5.75 Å². The maximum absolute atomic E-state index is 14.2. The van der Waals surface area contributed by atoms with Crippen molar-refractivity contribution in [3.63, 3.8) is 0 Å². The molecule has 0 bridgehead atoms. The number of carbonyl (C=O) groups excluding carboxylic acids is 1. The van der Waals surface area contributed by atoms with E-state index >= 15 is 0 Å². The number of hydrogen-bond donors (Lipinski definition) is 1. The summed E-state index contributed by atoms with van der Waals surface area (Å²) in [6.45, 7) is 7.52. The number of thiazole rings is 1. The normalized spacial score (nSPS) is 14.7. The summed E-state index contributed by atoms with van der Waals surface area (Å²) in [5, 5.41) is 0.830. The molecular weight excluding hydrogens is 704 g/mol. The van der Waals surface area contributed by atoms with Gasteiger partial charge in [-0.15, -0.1) is 0 Å². The number of fused-ring (bicyclic) bond motifs is 1. The first-order valence-electron chi connectivity index (χ1n) is 14.7. The lowest BCUT2D eigenvalue weighted by molar-refractivity contribution is -0.138. The van der Waals surface area contributed by atoms with Crippen molar-refractivity contribution in [2.24, 2.45) is 4.99 Å². The van der Waals surface area contributed by atoms with Crippen molar-refractivity contribution in [2.45, 2.75) is 50.1 Å². The molecule has 1 atom stereocenters. The van der Waals surface area contributed by atoms with Crippen LogP contribution in [0.3, 0.4) is 0 Å². The van der Waals surface area contributed by atoms with Gasteiger partial charge in [-0.2, -0.15) is 0 Å². The van der Waals surface area contributed by atoms with Gasteiger partial charge in [0.2, 0.25) is 0 Å². The van der Waals surface area contributed by atoms with Crippen LogP contribution in [-0.2, 0) is 9.53 Å². The van der Waals surface area contributed by atoms with E-state index in [1.165, 1.54) is 22.0 Å². The van der Waals surface area contributed by atoms with Crippen LogP contribution in [0, 0.1) is 6.92 Å². The Kier molecular flexibility index (Phi) is 9.48. The van der Waals surface area contributed by atoms with Gasteiger partial charge in [0.1, 0.15) is 11.5 Å². The largest absolute Gasteiger partial charge is 0.491 e. The topological polar surface area (TPSA) is 129 Å². The van der Waals surface area contributed by atoms with Crippen molar-refractivity contribution < 1.29 is 18.7 Å². The molecule has 1 aliphatic rings. The minimum absolute atomic E-state index is 0.0193. The van der Waals surface area contributed by atoms with Crippen molar-refractivity contribution >= 4 is 56.8 Å². The zero-order chi connectivity index (χ0) is 33.2. The van der Waals surface area contributed by atoms with Gasteiger partial charge in [-0.25, -0.2) is 14.8 Å². The van der Waals surface area contributed by atoms with E-state index in [4.69, 9.17) is 18.9 Å². The van der Waals surface area contributed by atoms with E-state index in [0.717, 1.165) is 17.3 Å². The number of ether oxygens (including phenoxy) is 2. The van der Waals surface area contributed by atoms with Gasteiger partial charge in [-0.3, -0.25) is 14.2 Å². The third-order valence-electron chi connectivity index (χ3n) is 6.93. The van der Waals surface area contributed by atoms with E-state index in [9.17, 15) is 14.4 Å². The Morgan fingerprint density at radius 1 is 1.15 bits per heavy atom. The number of benzene rings is 2. The third-order valence-corrected chi connectivity index (χ3v) is 9.64. The van der Waals surface area contributed by atoms with E-state index in [1.807, 2.05) is 68.4 Å². The summed E-state index contributed by atoms with van der Waals surface area (Å²) in [4.78, 5) is 52.2. The second kappa shape index (κ2) is 13.7. The molecule has 0 fully saturated rings. The number of furan rings is 1. The summed E-state index contributed by atoms with van der Waals surface area (Å²) in [5.41, 5.74) is 2.07. The van der Waals surface area contributed by atoms with Gasteiger partial charge in [0.15, 0.2) is 15.1 Å². The smallest absolute Gasteiger partial charge is 0.338 e. The highest BCUT2D eigenvalue weighted by atomic mass is 79.9. The van der Waals surface area contributed by atoms with E-state index in [0.29, 0.717) is 52.5 Å². The zero-order valence-corrected chi connectivity index (χ0v) is 29.0. The van der Waals surface area contributed by atoms with E-state index in [1.54, 1.807) is 26.0 Å². The van der Waals surface area contributed by atoms with Crippen molar-refractivity contribution in [1.29, 1.82) is 0 Å². The lowest BCUT2D eigenvalue weighted by Gasteiger charge is -2.26. The molecule has 1 aliphatic heterocycles. The Labute approximate surface area is 285 Å². The Bertz CT molecular complexity index is 2230. The molecule has 0 aliphatic carbocycles. The predicted molar refractivity (Wildman–Crippen MR) is 183 cm³/mol. The number of halogens is 1. The first-order chi connectivity index (χ1) is 22.6. The Hall–Kier alpha value is -4.46. The van der Waals surface area contributed by atoms with Crippen LogP contribution in [0.2, 0.25) is 0 Å². The first-order valence-corrected chi connectivity index (χ1v) is 17.1. The molecule has 47 heavy (non-hydrogen) atoms. The number of esters is 1. The average molecular weight is 734 g/mol. The number of aryl methyl sites for hydroxylation is 1. The second-order valence-electron chi connectivity index (χ2n) is 10.7. The van der Waals surface area contributed by atoms with Crippen LogP contribution in [0.4, 0.5) is 0 Å². The van der Waals surface area contributed by atoms with Gasteiger partial charge in [0, 0.05) is 23.4 Å². The highest BCUT2D eigenvalue weighted by molar-refractivity contribution is 9.10. The molecule has 4 heterocycles. The molecule has 6 rings (SSSR count). The number of aromatic nitrogens is 3. The van der Waals surface area contributed by atoms with Crippen LogP contribution in [-0.4, -0.2) is 33.2 Å². The van der Waals surface area contributed by atoms with Crippen LogP contribution in [0.25, 0.3) is 11.8 Å². The predicted octanol–water partition coefficient (Wildman–Crippen LogP) is 5.62. The minimum atomic E-state index is -0.825. The van der Waals surface area contributed by atoms with Crippen LogP contribution >= 0.6 is 39.0 Å². The number of aromatic amines is 1. The molecule has 0 saturated heterocycles. The van der Waals surface area contributed by atoms with Crippen LogP contribution < -0.4 is 25.2 Å².